The van der Waals surface area contributed by atoms with E-state index < -0.39 is 30.9 Å². The van der Waals surface area contributed by atoms with Crippen LogP contribution in [0, 0.1) is 11.3 Å². The van der Waals surface area contributed by atoms with Crippen LogP contribution in [0.1, 0.15) is 18.9 Å². The van der Waals surface area contributed by atoms with Gasteiger partial charge in [-0.2, -0.15) is 10.4 Å². The maximum atomic E-state index is 11.3. The Labute approximate surface area is 331 Å². The first-order valence-corrected chi connectivity index (χ1v) is 14.7. The van der Waals surface area contributed by atoms with E-state index in [1.54, 1.807) is 18.2 Å². The predicted octanol–water partition coefficient (Wildman–Crippen LogP) is -1.21. The number of hydrogen-bond donors (Lipinski definition) is 0. The predicted molar refractivity (Wildman–Crippen MR) is 139 cm³/mol. The van der Waals surface area contributed by atoms with Crippen molar-refractivity contribution in [3.05, 3.63) is 57.2 Å². The molecule has 2 aromatic carbocycles. The van der Waals surface area contributed by atoms with Crippen LogP contribution in [-0.2, 0) is 20.2 Å². The number of hydrogen-bond acceptors (Lipinski definition) is 11. The quantitative estimate of drug-likeness (QED) is 0.143. The third kappa shape index (κ3) is 10.3. The summed E-state index contributed by atoms with van der Waals surface area (Å²) < 4.78 is 67.7. The van der Waals surface area contributed by atoms with Gasteiger partial charge in [0, 0.05) is 24.5 Å². The van der Waals surface area contributed by atoms with Crippen LogP contribution >= 0.6 is 34.8 Å². The van der Waals surface area contributed by atoms with Crippen molar-refractivity contribution in [2.75, 3.05) is 23.7 Å². The number of azo groups is 1. The molecule has 0 N–H and O–H groups in total. The molecule has 0 aliphatic heterocycles. The molecular formula is C21H17Cl3K2N6O6S2. The molecule has 1 heterocycles. The van der Waals surface area contributed by atoms with Gasteiger partial charge in [0.15, 0.2) is 5.82 Å². The molecule has 0 aliphatic rings. The van der Waals surface area contributed by atoms with Crippen LogP contribution in [0.4, 0.5) is 17.2 Å². The fourth-order valence-corrected chi connectivity index (χ4v) is 5.34. The first kappa shape index (κ1) is 38.5. The van der Waals surface area contributed by atoms with E-state index in [1.165, 1.54) is 6.20 Å². The van der Waals surface area contributed by atoms with Crippen LogP contribution in [0.15, 0.2) is 51.7 Å². The van der Waals surface area contributed by atoms with Crippen molar-refractivity contribution < 1.29 is 129 Å². The standard InChI is InChI=1S/C21H19Cl3N6O6S2.2K/c1-2-29(6-3-7-37(31,32)33)14-4-5-19(16(22)8-14)27-28-21-13(11-25)12-26-30(21)20-17(23)9-15(10-18(20)24)38(34,35)36;;/h4-5,8-10,12H,2-3,6-7H2,1H3,(H,31,32,33)(H,34,35,36);;/q;2*+1/p-2. The van der Waals surface area contributed by atoms with Gasteiger partial charge in [-0.25, -0.2) is 21.5 Å². The molecule has 19 heteroatoms. The van der Waals surface area contributed by atoms with Crippen molar-refractivity contribution >= 4 is 72.2 Å². The van der Waals surface area contributed by atoms with E-state index >= 15 is 0 Å². The van der Waals surface area contributed by atoms with Crippen molar-refractivity contribution in [2.24, 2.45) is 10.2 Å². The van der Waals surface area contributed by atoms with Crippen LogP contribution in [0.25, 0.3) is 5.69 Å². The van der Waals surface area contributed by atoms with Crippen LogP contribution < -0.4 is 108 Å². The topological polar surface area (TPSA) is 184 Å². The van der Waals surface area contributed by atoms with Crippen LogP contribution in [0.5, 0.6) is 0 Å². The molecule has 0 bridgehead atoms. The largest absolute Gasteiger partial charge is 1.00 e. The summed E-state index contributed by atoms with van der Waals surface area (Å²) in [5, 5.41) is 21.4. The minimum atomic E-state index is -4.83. The molecule has 202 valence electrons. The van der Waals surface area contributed by atoms with Gasteiger partial charge in [-0.05, 0) is 43.7 Å². The fraction of sp³-hybridized carbons (Fsp3) is 0.238. The van der Waals surface area contributed by atoms with E-state index in [0.717, 1.165) is 16.8 Å². The van der Waals surface area contributed by atoms with Gasteiger partial charge in [0.1, 0.15) is 33.1 Å². The van der Waals surface area contributed by atoms with Gasteiger partial charge < -0.3 is 14.0 Å². The molecule has 40 heavy (non-hydrogen) atoms. The van der Waals surface area contributed by atoms with E-state index in [1.807, 2.05) is 17.9 Å². The summed E-state index contributed by atoms with van der Waals surface area (Å²) in [6.07, 6.45) is 1.32. The molecule has 0 saturated heterocycles. The van der Waals surface area contributed by atoms with Crippen molar-refractivity contribution in [3.63, 3.8) is 0 Å². The number of nitriles is 1. The van der Waals surface area contributed by atoms with Gasteiger partial charge in [-0.3, -0.25) is 0 Å². The second kappa shape index (κ2) is 16.5. The molecule has 0 unspecified atom stereocenters. The molecule has 12 nitrogen and oxygen atoms in total. The van der Waals surface area contributed by atoms with Gasteiger partial charge >= 0.3 is 103 Å². The van der Waals surface area contributed by atoms with Gasteiger partial charge in [0.25, 0.3) is 0 Å². The van der Waals surface area contributed by atoms with Gasteiger partial charge in [-0.15, -0.1) is 10.2 Å². The zero-order valence-electron chi connectivity index (χ0n) is 21.4. The number of rotatable bonds is 10. The maximum Gasteiger partial charge on any atom is 1.00 e. The number of benzene rings is 2. The van der Waals surface area contributed by atoms with Crippen molar-refractivity contribution in [1.82, 2.24) is 9.78 Å². The Morgan fingerprint density at radius 2 is 1.65 bits per heavy atom. The first-order chi connectivity index (χ1) is 17.7. The average molecular weight is 698 g/mol. The Bertz CT molecular complexity index is 1640. The SMILES string of the molecule is CCN(CCCS(=O)(=O)[O-])c1ccc(N=Nc2c(C#N)cnn2-c2c(Cl)cc(S(=O)(=O)[O-])cc2Cl)c(Cl)c1.[K+].[K+]. The van der Waals surface area contributed by atoms with Crippen molar-refractivity contribution in [2.45, 2.75) is 18.2 Å². The molecule has 3 rings (SSSR count). The normalized spacial score (nSPS) is 11.5. The third-order valence-electron chi connectivity index (χ3n) is 5.11. The summed E-state index contributed by atoms with van der Waals surface area (Å²) in [5.41, 5.74) is 0.834. The molecule has 0 aliphatic carbocycles. The molecule has 0 radical (unpaired) electrons. The Morgan fingerprint density at radius 1 is 1.02 bits per heavy atom. The van der Waals surface area contributed by atoms with E-state index in [0.29, 0.717) is 18.8 Å². The number of halogens is 3. The zero-order valence-corrected chi connectivity index (χ0v) is 31.5. The van der Waals surface area contributed by atoms with Crippen molar-refractivity contribution in [1.29, 1.82) is 5.26 Å². The van der Waals surface area contributed by atoms with Crippen LogP contribution in [-0.4, -0.2) is 54.6 Å². The summed E-state index contributed by atoms with van der Waals surface area (Å²) >= 11 is 18.7. The molecule has 0 atom stereocenters. The minimum absolute atomic E-state index is 0. The summed E-state index contributed by atoms with van der Waals surface area (Å²) in [4.78, 5) is 1.19. The Morgan fingerprint density at radius 3 is 2.15 bits per heavy atom. The number of nitrogens with zero attached hydrogens (tertiary/aromatic N) is 6. The maximum absolute atomic E-state index is 11.3. The molecule has 0 fully saturated rings. The second-order valence-corrected chi connectivity index (χ2v) is 11.8. The summed E-state index contributed by atoms with van der Waals surface area (Å²) in [6, 6.07) is 8.52. The van der Waals surface area contributed by atoms with Gasteiger partial charge in [0.2, 0.25) is 0 Å². The Kier molecular flexibility index (Phi) is 15.9. The zero-order chi connectivity index (χ0) is 28.3. The van der Waals surface area contributed by atoms with Gasteiger partial charge in [0.05, 0.1) is 36.3 Å². The van der Waals surface area contributed by atoms with E-state index in [4.69, 9.17) is 34.8 Å². The molecule has 0 amide bonds. The number of aromatic nitrogens is 2. The third-order valence-corrected chi connectivity index (χ3v) is 7.59. The molecule has 0 saturated carbocycles. The number of anilines is 1. The molecule has 1 aromatic heterocycles. The first-order valence-electron chi connectivity index (χ1n) is 10.6. The molecular weight excluding hydrogens is 681 g/mol. The molecule has 0 spiro atoms. The summed E-state index contributed by atoms with van der Waals surface area (Å²) in [5.74, 6) is -0.579. The van der Waals surface area contributed by atoms with E-state index in [9.17, 15) is 31.2 Å². The second-order valence-electron chi connectivity index (χ2n) is 7.63. The monoisotopic (exact) mass is 696 g/mol. The minimum Gasteiger partial charge on any atom is -0.748 e. The summed E-state index contributed by atoms with van der Waals surface area (Å²) in [7, 11) is -9.15. The smallest absolute Gasteiger partial charge is 0.748 e. The van der Waals surface area contributed by atoms with E-state index in [2.05, 4.69) is 15.3 Å². The van der Waals surface area contributed by atoms with Gasteiger partial charge in [-0.1, -0.05) is 34.8 Å². The average Bonchev–Trinajstić information content (AvgIpc) is 3.21. The Balaban J connectivity index is 0.00000400. The molecule has 3 aromatic rings. The van der Waals surface area contributed by atoms with Crippen LogP contribution in [0.3, 0.4) is 0 Å². The van der Waals surface area contributed by atoms with Crippen molar-refractivity contribution in [3.8, 4) is 11.8 Å². The fourth-order valence-electron chi connectivity index (χ4n) is 3.35. The van der Waals surface area contributed by atoms with Crippen LogP contribution in [0.2, 0.25) is 15.1 Å². The van der Waals surface area contributed by atoms with E-state index in [-0.39, 0.29) is 147 Å². The summed E-state index contributed by atoms with van der Waals surface area (Å²) in [6.45, 7) is 2.69. The Hall–Kier alpha value is 0.503.